The van der Waals surface area contributed by atoms with Gasteiger partial charge in [0.1, 0.15) is 7.28 Å². The highest BCUT2D eigenvalue weighted by Crippen LogP contribution is 2.14. The van der Waals surface area contributed by atoms with E-state index in [1.807, 2.05) is 0 Å². The van der Waals surface area contributed by atoms with Gasteiger partial charge in [0.25, 0.3) is 5.69 Å². The van der Waals surface area contributed by atoms with Crippen molar-refractivity contribution in [3.63, 3.8) is 0 Å². The second-order valence-corrected chi connectivity index (χ2v) is 2.84. The van der Waals surface area contributed by atoms with Gasteiger partial charge in [-0.25, -0.2) is 0 Å². The maximum atomic E-state index is 11.4. The third-order valence-corrected chi connectivity index (χ3v) is 1.77. The zero-order valence-corrected chi connectivity index (χ0v) is 7.77. The number of ketones is 1. The Hall–Kier alpha value is -1.65. The molecule has 0 amide bonds. The van der Waals surface area contributed by atoms with E-state index < -0.39 is 4.92 Å². The average molecular weight is 190 g/mol. The van der Waals surface area contributed by atoms with Gasteiger partial charge in [-0.2, -0.15) is 0 Å². The molecule has 1 radical (unpaired) electrons. The molecule has 0 spiro atoms. The molecule has 0 saturated carbocycles. The summed E-state index contributed by atoms with van der Waals surface area (Å²) in [5.41, 5.74) is 0.337. The number of hydrogen-bond donors (Lipinski definition) is 0. The van der Waals surface area contributed by atoms with Gasteiger partial charge < -0.3 is 0 Å². The molecule has 0 aromatic heterocycles. The SMILES string of the molecule is C[B]CC(=O)c1cccc([N+](=O)[O-])c1. The summed E-state index contributed by atoms with van der Waals surface area (Å²) in [4.78, 5) is 21.3. The minimum atomic E-state index is -0.508. The molecule has 0 aliphatic heterocycles. The molecule has 1 rings (SSSR count). The first-order chi connectivity index (χ1) is 6.65. The molecule has 0 fully saturated rings. The lowest BCUT2D eigenvalue weighted by Crippen LogP contribution is -2.01. The standard InChI is InChI=1S/C9H9BNO3/c1-10-6-9(12)7-3-2-4-8(5-7)11(13)14/h2-5H,6H2,1H3. The molecule has 0 bridgehead atoms. The van der Waals surface area contributed by atoms with Gasteiger partial charge in [0.05, 0.1) is 4.92 Å². The second-order valence-electron chi connectivity index (χ2n) is 2.84. The summed E-state index contributed by atoms with van der Waals surface area (Å²) < 4.78 is 0. The molecule has 5 heteroatoms. The number of benzene rings is 1. The van der Waals surface area contributed by atoms with E-state index in [0.29, 0.717) is 11.9 Å². The summed E-state index contributed by atoms with van der Waals surface area (Å²) in [6.45, 7) is 1.77. The number of carbonyl (C=O) groups is 1. The third kappa shape index (κ3) is 2.42. The number of Topliss-reactive ketones (excluding diaryl/α,β-unsaturated/α-hetero) is 1. The molecule has 14 heavy (non-hydrogen) atoms. The molecule has 1 aromatic rings. The molecule has 0 aliphatic rings. The Kier molecular flexibility index (Phi) is 3.39. The van der Waals surface area contributed by atoms with Crippen molar-refractivity contribution >= 4 is 18.8 Å². The van der Waals surface area contributed by atoms with Crippen LogP contribution in [0.25, 0.3) is 0 Å². The normalized spacial score (nSPS) is 9.50. The highest BCUT2D eigenvalue weighted by Gasteiger charge is 2.10. The zero-order valence-electron chi connectivity index (χ0n) is 7.77. The van der Waals surface area contributed by atoms with Crippen molar-refractivity contribution in [1.82, 2.24) is 0 Å². The average Bonchev–Trinajstić information content (AvgIpc) is 2.18. The molecule has 71 valence electrons. The Labute approximate surface area is 82.3 Å². The van der Waals surface area contributed by atoms with Crippen LogP contribution in [0.5, 0.6) is 0 Å². The van der Waals surface area contributed by atoms with Crippen LogP contribution in [0.3, 0.4) is 0 Å². The van der Waals surface area contributed by atoms with Gasteiger partial charge in [0, 0.05) is 17.7 Å². The minimum absolute atomic E-state index is 0.0491. The van der Waals surface area contributed by atoms with Gasteiger partial charge in [0.2, 0.25) is 0 Å². The molecule has 1 aromatic carbocycles. The van der Waals surface area contributed by atoms with E-state index in [-0.39, 0.29) is 11.5 Å². The highest BCUT2D eigenvalue weighted by atomic mass is 16.6. The number of nitro benzene ring substituents is 1. The van der Waals surface area contributed by atoms with Crippen LogP contribution in [0, 0.1) is 10.1 Å². The predicted molar refractivity (Wildman–Crippen MR) is 53.9 cm³/mol. The summed E-state index contributed by atoms with van der Waals surface area (Å²) in [7, 11) is 1.72. The molecule has 0 saturated heterocycles. The first-order valence-corrected chi connectivity index (χ1v) is 4.20. The lowest BCUT2D eigenvalue weighted by molar-refractivity contribution is -0.384. The largest absolute Gasteiger partial charge is 0.295 e. The Balaban J connectivity index is 2.93. The van der Waals surface area contributed by atoms with Crippen molar-refractivity contribution in [2.24, 2.45) is 0 Å². The molecule has 0 heterocycles. The maximum Gasteiger partial charge on any atom is 0.270 e. The molecule has 0 N–H and O–H groups in total. The van der Waals surface area contributed by atoms with Gasteiger partial charge in [0.15, 0.2) is 5.78 Å². The van der Waals surface area contributed by atoms with Gasteiger partial charge in [-0.3, -0.25) is 14.9 Å². The van der Waals surface area contributed by atoms with Gasteiger partial charge >= 0.3 is 0 Å². The van der Waals surface area contributed by atoms with E-state index in [2.05, 4.69) is 0 Å². The smallest absolute Gasteiger partial charge is 0.270 e. The summed E-state index contributed by atoms with van der Waals surface area (Å²) in [6, 6.07) is 5.76. The first kappa shape index (κ1) is 10.4. The van der Waals surface area contributed by atoms with E-state index in [1.165, 1.54) is 18.2 Å². The number of nitrogens with zero attached hydrogens (tertiary/aromatic N) is 1. The molecule has 0 atom stereocenters. The van der Waals surface area contributed by atoms with Crippen LogP contribution in [0.2, 0.25) is 13.1 Å². The highest BCUT2D eigenvalue weighted by molar-refractivity contribution is 6.41. The van der Waals surface area contributed by atoms with Crippen molar-refractivity contribution < 1.29 is 9.72 Å². The Bertz CT molecular complexity index is 365. The van der Waals surface area contributed by atoms with Crippen molar-refractivity contribution in [3.05, 3.63) is 39.9 Å². The lowest BCUT2D eigenvalue weighted by atomic mass is 9.75. The van der Waals surface area contributed by atoms with Crippen molar-refractivity contribution in [3.8, 4) is 0 Å². The second kappa shape index (κ2) is 4.55. The van der Waals surface area contributed by atoms with Crippen LogP contribution in [-0.2, 0) is 0 Å². The molecule has 0 unspecified atom stereocenters. The topological polar surface area (TPSA) is 60.2 Å². The first-order valence-electron chi connectivity index (χ1n) is 4.20. The minimum Gasteiger partial charge on any atom is -0.295 e. The summed E-state index contributed by atoms with van der Waals surface area (Å²) in [5.74, 6) is -0.101. The van der Waals surface area contributed by atoms with Crippen molar-refractivity contribution in [1.29, 1.82) is 0 Å². The number of non-ortho nitro benzene ring substituents is 1. The Morgan fingerprint density at radius 2 is 2.29 bits per heavy atom. The van der Waals surface area contributed by atoms with E-state index in [0.717, 1.165) is 0 Å². The molecular formula is C9H9BNO3. The van der Waals surface area contributed by atoms with Crippen LogP contribution >= 0.6 is 0 Å². The predicted octanol–water partition coefficient (Wildman–Crippen LogP) is 1.95. The third-order valence-electron chi connectivity index (χ3n) is 1.77. The van der Waals surface area contributed by atoms with E-state index in [9.17, 15) is 14.9 Å². The number of carbonyl (C=O) groups excluding carboxylic acids is 1. The van der Waals surface area contributed by atoms with E-state index in [4.69, 9.17) is 0 Å². The maximum absolute atomic E-state index is 11.4. The van der Waals surface area contributed by atoms with Crippen LogP contribution in [0.4, 0.5) is 5.69 Å². The monoisotopic (exact) mass is 190 g/mol. The molecular weight excluding hydrogens is 181 g/mol. The lowest BCUT2D eigenvalue weighted by Gasteiger charge is -1.97. The van der Waals surface area contributed by atoms with Gasteiger partial charge in [-0.1, -0.05) is 19.0 Å². The number of rotatable bonds is 4. The van der Waals surface area contributed by atoms with E-state index in [1.54, 1.807) is 20.2 Å². The zero-order chi connectivity index (χ0) is 10.6. The van der Waals surface area contributed by atoms with E-state index >= 15 is 0 Å². The van der Waals surface area contributed by atoms with Crippen molar-refractivity contribution in [2.45, 2.75) is 13.1 Å². The molecule has 0 aliphatic carbocycles. The Morgan fingerprint density at radius 1 is 1.57 bits per heavy atom. The van der Waals surface area contributed by atoms with Gasteiger partial charge in [-0.15, -0.1) is 0 Å². The summed E-state index contributed by atoms with van der Waals surface area (Å²) in [5, 5.41) is 10.4. The van der Waals surface area contributed by atoms with Crippen LogP contribution in [0.1, 0.15) is 10.4 Å². The number of hydrogen-bond acceptors (Lipinski definition) is 3. The van der Waals surface area contributed by atoms with Crippen LogP contribution in [0.15, 0.2) is 24.3 Å². The summed E-state index contributed by atoms with van der Waals surface area (Å²) >= 11 is 0. The van der Waals surface area contributed by atoms with Crippen LogP contribution < -0.4 is 0 Å². The van der Waals surface area contributed by atoms with Gasteiger partial charge in [-0.05, 0) is 6.32 Å². The fourth-order valence-corrected chi connectivity index (χ4v) is 1.10. The fraction of sp³-hybridized carbons (Fsp3) is 0.222. The van der Waals surface area contributed by atoms with Crippen molar-refractivity contribution in [2.75, 3.05) is 0 Å². The Morgan fingerprint density at radius 3 is 2.86 bits per heavy atom. The van der Waals surface area contributed by atoms with Crippen LogP contribution in [-0.4, -0.2) is 18.0 Å². The number of nitro groups is 1. The quantitative estimate of drug-likeness (QED) is 0.315. The fourth-order valence-electron chi connectivity index (χ4n) is 1.10. The summed E-state index contributed by atoms with van der Waals surface area (Å²) in [6.07, 6.45) is 0.307. The molecule has 4 nitrogen and oxygen atoms in total.